The third kappa shape index (κ3) is 2.85. The summed E-state index contributed by atoms with van der Waals surface area (Å²) in [7, 11) is 0. The summed E-state index contributed by atoms with van der Waals surface area (Å²) in [5.41, 5.74) is 0.385. The Hall–Kier alpha value is -2.74. The van der Waals surface area contributed by atoms with Crippen molar-refractivity contribution in [2.24, 2.45) is 11.8 Å². The van der Waals surface area contributed by atoms with Gasteiger partial charge in [0.05, 0.1) is 24.0 Å². The summed E-state index contributed by atoms with van der Waals surface area (Å²) in [6.07, 6.45) is 0.406. The van der Waals surface area contributed by atoms with E-state index in [1.807, 2.05) is 6.92 Å². The minimum absolute atomic E-state index is 0.310. The highest BCUT2D eigenvalue weighted by Gasteiger charge is 2.71. The van der Waals surface area contributed by atoms with E-state index in [0.29, 0.717) is 34.8 Å². The summed E-state index contributed by atoms with van der Waals surface area (Å²) in [6.45, 7) is 2.30. The number of aliphatic hydroxyl groups excluding tert-OH is 1. The fourth-order valence-corrected chi connectivity index (χ4v) is 5.55. The van der Waals surface area contributed by atoms with Crippen molar-refractivity contribution in [1.82, 2.24) is 10.2 Å². The van der Waals surface area contributed by atoms with E-state index < -0.39 is 29.5 Å². The zero-order valence-corrected chi connectivity index (χ0v) is 18.3. The summed E-state index contributed by atoms with van der Waals surface area (Å²) in [5, 5.41) is 17.9. The van der Waals surface area contributed by atoms with Gasteiger partial charge in [0, 0.05) is 22.8 Å². The molecule has 3 aliphatic heterocycles. The van der Waals surface area contributed by atoms with E-state index in [0.717, 1.165) is 6.42 Å². The van der Waals surface area contributed by atoms with Gasteiger partial charge in [-0.25, -0.2) is 0 Å². The van der Waals surface area contributed by atoms with Gasteiger partial charge < -0.3 is 10.4 Å². The van der Waals surface area contributed by atoms with Gasteiger partial charge in [-0.1, -0.05) is 55.3 Å². The molecule has 3 amide bonds. The molecule has 2 saturated heterocycles. The molecule has 0 aliphatic carbocycles. The zero-order valence-electron chi connectivity index (χ0n) is 17.5. The lowest BCUT2D eigenvalue weighted by Gasteiger charge is -2.30. The Labute approximate surface area is 190 Å². The molecule has 0 bridgehead atoms. The van der Waals surface area contributed by atoms with Crippen LogP contribution in [-0.2, 0) is 19.9 Å². The average Bonchev–Trinajstić information content (AvgIpc) is 3.38. The van der Waals surface area contributed by atoms with Gasteiger partial charge in [0.1, 0.15) is 5.54 Å². The molecule has 5 atom stereocenters. The fraction of sp³-hybridized carbons (Fsp3) is 0.375. The van der Waals surface area contributed by atoms with Crippen LogP contribution in [0.25, 0.3) is 0 Å². The molecule has 32 heavy (non-hydrogen) atoms. The van der Waals surface area contributed by atoms with Crippen LogP contribution in [0.2, 0.25) is 5.02 Å². The minimum Gasteiger partial charge on any atom is -0.387 e. The molecule has 7 nitrogen and oxygen atoms in total. The third-order valence-corrected chi connectivity index (χ3v) is 7.19. The number of carbonyl (C=O) groups is 3. The molecular weight excluding hydrogens is 430 g/mol. The van der Waals surface area contributed by atoms with Gasteiger partial charge in [0.15, 0.2) is 0 Å². The van der Waals surface area contributed by atoms with Crippen LogP contribution in [-0.4, -0.2) is 40.3 Å². The smallest absolute Gasteiger partial charge is 0.250 e. The lowest BCUT2D eigenvalue weighted by molar-refractivity contribution is -0.143. The number of aliphatic hydroxyl groups is 1. The van der Waals surface area contributed by atoms with Crippen LogP contribution in [0.1, 0.15) is 37.0 Å². The van der Waals surface area contributed by atoms with Crippen molar-refractivity contribution in [3.63, 3.8) is 0 Å². The largest absolute Gasteiger partial charge is 0.387 e. The van der Waals surface area contributed by atoms with Crippen LogP contribution in [0.15, 0.2) is 48.5 Å². The molecule has 0 aromatic heterocycles. The molecule has 0 saturated carbocycles. The van der Waals surface area contributed by atoms with Crippen molar-refractivity contribution in [2.75, 3.05) is 11.9 Å². The molecule has 5 rings (SSSR count). The number of unbranched alkanes of at least 4 members (excludes halogenated alkanes) is 1. The van der Waals surface area contributed by atoms with Crippen LogP contribution in [0.5, 0.6) is 0 Å². The highest BCUT2D eigenvalue weighted by Crippen LogP contribution is 2.54. The zero-order chi connectivity index (χ0) is 22.6. The van der Waals surface area contributed by atoms with E-state index in [1.165, 1.54) is 4.90 Å². The number of anilines is 1. The van der Waals surface area contributed by atoms with Crippen molar-refractivity contribution >= 4 is 35.0 Å². The Morgan fingerprint density at radius 1 is 1.09 bits per heavy atom. The summed E-state index contributed by atoms with van der Waals surface area (Å²) in [4.78, 5) is 41.7. The van der Waals surface area contributed by atoms with Crippen molar-refractivity contribution in [1.29, 1.82) is 0 Å². The van der Waals surface area contributed by atoms with Gasteiger partial charge in [-0.05, 0) is 30.2 Å². The number of imide groups is 1. The first-order valence-corrected chi connectivity index (χ1v) is 11.3. The van der Waals surface area contributed by atoms with Crippen LogP contribution in [0.3, 0.4) is 0 Å². The Morgan fingerprint density at radius 3 is 2.53 bits per heavy atom. The number of likely N-dealkylation sites (tertiary alicyclic amines) is 1. The normalized spacial score (nSPS) is 29.4. The van der Waals surface area contributed by atoms with Gasteiger partial charge in [-0.3, -0.25) is 24.6 Å². The molecule has 1 spiro atoms. The maximum absolute atomic E-state index is 13.6. The van der Waals surface area contributed by atoms with E-state index in [1.54, 1.807) is 48.5 Å². The second-order valence-corrected chi connectivity index (χ2v) is 9.10. The summed E-state index contributed by atoms with van der Waals surface area (Å²) in [6, 6.07) is 13.1. The lowest BCUT2D eigenvalue weighted by atomic mass is 9.76. The number of benzene rings is 2. The highest BCUT2D eigenvalue weighted by molar-refractivity contribution is 6.30. The highest BCUT2D eigenvalue weighted by atomic mass is 35.5. The van der Waals surface area contributed by atoms with E-state index in [-0.39, 0.29) is 17.7 Å². The molecule has 0 radical (unpaired) electrons. The van der Waals surface area contributed by atoms with Crippen molar-refractivity contribution in [3.8, 4) is 0 Å². The van der Waals surface area contributed by atoms with E-state index in [2.05, 4.69) is 10.6 Å². The molecule has 166 valence electrons. The number of hydrogen-bond acceptors (Lipinski definition) is 5. The van der Waals surface area contributed by atoms with Crippen LogP contribution >= 0.6 is 11.6 Å². The Morgan fingerprint density at radius 2 is 1.81 bits per heavy atom. The van der Waals surface area contributed by atoms with Crippen molar-refractivity contribution < 1.29 is 19.5 Å². The predicted molar refractivity (Wildman–Crippen MR) is 119 cm³/mol. The maximum atomic E-state index is 13.6. The van der Waals surface area contributed by atoms with Crippen LogP contribution < -0.4 is 10.6 Å². The summed E-state index contributed by atoms with van der Waals surface area (Å²) in [5.74, 6) is -2.87. The quantitative estimate of drug-likeness (QED) is 0.604. The summed E-state index contributed by atoms with van der Waals surface area (Å²) < 4.78 is 0. The topological polar surface area (TPSA) is 98.7 Å². The molecule has 8 heteroatoms. The monoisotopic (exact) mass is 453 g/mol. The van der Waals surface area contributed by atoms with Gasteiger partial charge in [0.25, 0.3) is 0 Å². The van der Waals surface area contributed by atoms with Gasteiger partial charge in [-0.15, -0.1) is 0 Å². The lowest BCUT2D eigenvalue weighted by Crippen LogP contribution is -2.54. The number of nitrogens with zero attached hydrogens (tertiary/aromatic N) is 1. The summed E-state index contributed by atoms with van der Waals surface area (Å²) >= 11 is 5.99. The molecule has 3 N–H and O–H groups in total. The van der Waals surface area contributed by atoms with Gasteiger partial charge in [0.2, 0.25) is 17.7 Å². The van der Waals surface area contributed by atoms with E-state index >= 15 is 0 Å². The van der Waals surface area contributed by atoms with Crippen LogP contribution in [0.4, 0.5) is 5.69 Å². The fourth-order valence-electron chi connectivity index (χ4n) is 5.42. The number of nitrogens with one attached hydrogen (secondary N) is 2. The van der Waals surface area contributed by atoms with Crippen molar-refractivity contribution in [3.05, 3.63) is 64.7 Å². The Bertz CT molecular complexity index is 1100. The third-order valence-electron chi connectivity index (χ3n) is 6.94. The second-order valence-electron chi connectivity index (χ2n) is 8.66. The minimum atomic E-state index is -1.41. The van der Waals surface area contributed by atoms with E-state index in [4.69, 9.17) is 11.6 Å². The Kier molecular flexibility index (Phi) is 5.08. The number of hydrogen-bond donors (Lipinski definition) is 3. The van der Waals surface area contributed by atoms with Crippen LogP contribution in [0, 0.1) is 11.8 Å². The molecular formula is C24H24ClN3O4. The number of rotatable bonds is 5. The van der Waals surface area contributed by atoms with Crippen molar-refractivity contribution in [2.45, 2.75) is 37.5 Å². The van der Waals surface area contributed by atoms with Gasteiger partial charge in [-0.2, -0.15) is 0 Å². The number of para-hydroxylation sites is 1. The number of amides is 3. The molecule has 3 aliphatic rings. The first-order valence-electron chi connectivity index (χ1n) is 10.9. The number of carbonyl (C=O) groups excluding carboxylic acids is 3. The second kappa shape index (κ2) is 7.69. The number of fused-ring (bicyclic) bond motifs is 4. The first-order chi connectivity index (χ1) is 15.4. The standard InChI is InChI=1S/C24H24ClN3O4/c1-2-3-12-28-21(30)17-18(22(28)31)24(15-6-4-5-7-16(15)26-23(24)32)27-19(17)20(29)13-8-10-14(25)11-9-13/h4-11,17-20,27,29H,2-3,12H2,1H3,(H,26,32)/t17-,18+,19+,20-,24-/m1/s1. The van der Waals surface area contributed by atoms with Gasteiger partial charge >= 0.3 is 0 Å². The van der Waals surface area contributed by atoms with E-state index in [9.17, 15) is 19.5 Å². The molecule has 3 heterocycles. The molecule has 2 aromatic rings. The molecule has 2 fully saturated rings. The number of halogens is 1. The first kappa shape index (κ1) is 21.1. The Balaban J connectivity index is 1.63. The average molecular weight is 454 g/mol. The predicted octanol–water partition coefficient (Wildman–Crippen LogP) is 2.59. The molecule has 0 unspecified atom stereocenters. The maximum Gasteiger partial charge on any atom is 0.250 e. The SMILES string of the molecule is CCCCN1C(=O)[C@H]2[C@@H]([C@H](O)c3ccc(Cl)cc3)N[C@@]3(C(=O)Nc4ccccc43)[C@@H]2C1=O. The molecule has 2 aromatic carbocycles.